The molecule has 2 rings (SSSR count). The summed E-state index contributed by atoms with van der Waals surface area (Å²) in [6.07, 6.45) is 1.28. The van der Waals surface area contributed by atoms with Crippen molar-refractivity contribution in [3.8, 4) is 0 Å². The van der Waals surface area contributed by atoms with Crippen LogP contribution in [0.2, 0.25) is 0 Å². The largest absolute Gasteiger partial charge is 0.361 e. The lowest BCUT2D eigenvalue weighted by Gasteiger charge is -2.15. The van der Waals surface area contributed by atoms with Crippen molar-refractivity contribution in [2.45, 2.75) is 20.0 Å². The van der Waals surface area contributed by atoms with E-state index in [0.717, 1.165) is 4.57 Å². The van der Waals surface area contributed by atoms with Gasteiger partial charge in [0, 0.05) is 25.4 Å². The van der Waals surface area contributed by atoms with Crippen molar-refractivity contribution in [2.75, 3.05) is 7.05 Å². The van der Waals surface area contributed by atoms with E-state index in [4.69, 9.17) is 4.52 Å². The Labute approximate surface area is 113 Å². The van der Waals surface area contributed by atoms with Gasteiger partial charge in [-0.15, -0.1) is 0 Å². The summed E-state index contributed by atoms with van der Waals surface area (Å²) in [6, 6.07) is 2.92. The highest BCUT2D eigenvalue weighted by Gasteiger charge is 2.12. The quantitative estimate of drug-likeness (QED) is 0.811. The molecule has 106 valence electrons. The summed E-state index contributed by atoms with van der Waals surface area (Å²) in [6.45, 7) is 1.90. The van der Waals surface area contributed by atoms with Gasteiger partial charge in [-0.3, -0.25) is 19.1 Å². The van der Waals surface area contributed by atoms with Crippen molar-refractivity contribution in [1.29, 1.82) is 0 Å². The molecule has 0 unspecified atom stereocenters. The van der Waals surface area contributed by atoms with E-state index in [9.17, 15) is 14.4 Å². The first kappa shape index (κ1) is 13.8. The predicted octanol–water partition coefficient (Wildman–Crippen LogP) is -0.508. The van der Waals surface area contributed by atoms with E-state index in [-0.39, 0.29) is 19.0 Å². The topological polar surface area (TPSA) is 101 Å². The van der Waals surface area contributed by atoms with E-state index in [1.165, 1.54) is 17.2 Å². The third-order valence-electron chi connectivity index (χ3n) is 2.70. The van der Waals surface area contributed by atoms with E-state index in [1.54, 1.807) is 20.0 Å². The number of amides is 1. The number of hydrogen-bond acceptors (Lipinski definition) is 5. The molecule has 0 aliphatic rings. The van der Waals surface area contributed by atoms with Crippen LogP contribution in [0.4, 0.5) is 0 Å². The summed E-state index contributed by atoms with van der Waals surface area (Å²) in [7, 11) is 1.60. The summed E-state index contributed by atoms with van der Waals surface area (Å²) >= 11 is 0. The Morgan fingerprint density at radius 3 is 2.85 bits per heavy atom. The van der Waals surface area contributed by atoms with Gasteiger partial charge in [0.2, 0.25) is 5.91 Å². The van der Waals surface area contributed by atoms with E-state index in [1.807, 2.05) is 0 Å². The lowest BCUT2D eigenvalue weighted by Crippen LogP contribution is -2.36. The van der Waals surface area contributed by atoms with Gasteiger partial charge in [0.15, 0.2) is 0 Å². The number of aromatic nitrogens is 3. The summed E-state index contributed by atoms with van der Waals surface area (Å²) < 4.78 is 6.05. The van der Waals surface area contributed by atoms with Crippen LogP contribution >= 0.6 is 0 Å². The molecular weight excluding hydrogens is 264 g/mol. The smallest absolute Gasteiger partial charge is 0.328 e. The van der Waals surface area contributed by atoms with Gasteiger partial charge in [-0.25, -0.2) is 4.79 Å². The number of carbonyl (C=O) groups is 1. The molecule has 2 aromatic rings. The lowest BCUT2D eigenvalue weighted by molar-refractivity contribution is -0.131. The fourth-order valence-corrected chi connectivity index (χ4v) is 1.66. The molecular formula is C12H14N4O4. The number of H-pyrrole nitrogens is 1. The zero-order valence-corrected chi connectivity index (χ0v) is 11.1. The monoisotopic (exact) mass is 278 g/mol. The molecule has 20 heavy (non-hydrogen) atoms. The lowest BCUT2D eigenvalue weighted by atomic mass is 10.3. The zero-order valence-electron chi connectivity index (χ0n) is 11.1. The van der Waals surface area contributed by atoms with E-state index >= 15 is 0 Å². The van der Waals surface area contributed by atoms with E-state index in [0.29, 0.717) is 11.5 Å². The average molecular weight is 278 g/mol. The standard InChI is InChI=1S/C12H14N4O4/c1-8-5-9(14-20-8)6-15(2)11(18)7-16-4-3-10(17)13-12(16)19/h3-5H,6-7H2,1-2H3,(H,13,17,19). The van der Waals surface area contributed by atoms with Crippen molar-refractivity contribution in [3.63, 3.8) is 0 Å². The van der Waals surface area contributed by atoms with Crippen molar-refractivity contribution < 1.29 is 9.32 Å². The SMILES string of the molecule is Cc1cc(CN(C)C(=O)Cn2ccc(=O)[nH]c2=O)no1. The molecule has 0 radical (unpaired) electrons. The third kappa shape index (κ3) is 3.22. The van der Waals surface area contributed by atoms with Gasteiger partial charge < -0.3 is 9.42 Å². The number of nitrogens with zero attached hydrogens (tertiary/aromatic N) is 3. The molecule has 8 heteroatoms. The summed E-state index contributed by atoms with van der Waals surface area (Å²) in [4.78, 5) is 37.9. The van der Waals surface area contributed by atoms with Crippen molar-refractivity contribution >= 4 is 5.91 Å². The highest BCUT2D eigenvalue weighted by atomic mass is 16.5. The molecule has 1 amide bonds. The fourth-order valence-electron chi connectivity index (χ4n) is 1.66. The Kier molecular flexibility index (Phi) is 3.83. The van der Waals surface area contributed by atoms with Gasteiger partial charge in [0.1, 0.15) is 18.0 Å². The summed E-state index contributed by atoms with van der Waals surface area (Å²) in [5.41, 5.74) is -0.478. The molecule has 0 atom stereocenters. The van der Waals surface area contributed by atoms with Crippen molar-refractivity contribution in [3.05, 3.63) is 50.6 Å². The second kappa shape index (κ2) is 5.55. The molecule has 0 aliphatic carbocycles. The minimum Gasteiger partial charge on any atom is -0.361 e. The number of aryl methyl sites for hydroxylation is 1. The number of nitrogens with one attached hydrogen (secondary N) is 1. The second-order valence-electron chi connectivity index (χ2n) is 4.42. The molecule has 0 aromatic carbocycles. The molecule has 8 nitrogen and oxygen atoms in total. The highest BCUT2D eigenvalue weighted by molar-refractivity contribution is 5.75. The number of rotatable bonds is 4. The molecule has 0 saturated heterocycles. The van der Waals surface area contributed by atoms with Gasteiger partial charge in [-0.1, -0.05) is 5.16 Å². The maximum atomic E-state index is 12.0. The Morgan fingerprint density at radius 1 is 1.50 bits per heavy atom. The molecule has 2 heterocycles. The fraction of sp³-hybridized carbons (Fsp3) is 0.333. The Morgan fingerprint density at radius 2 is 2.25 bits per heavy atom. The minimum absolute atomic E-state index is 0.150. The first-order valence-corrected chi connectivity index (χ1v) is 5.91. The first-order valence-electron chi connectivity index (χ1n) is 5.91. The molecule has 0 saturated carbocycles. The molecule has 2 aromatic heterocycles. The minimum atomic E-state index is -0.614. The zero-order chi connectivity index (χ0) is 14.7. The van der Waals surface area contributed by atoms with Crippen molar-refractivity contribution in [1.82, 2.24) is 19.6 Å². The van der Waals surface area contributed by atoms with Crippen LogP contribution < -0.4 is 11.2 Å². The maximum Gasteiger partial charge on any atom is 0.328 e. The number of carbonyl (C=O) groups excluding carboxylic acids is 1. The predicted molar refractivity (Wildman–Crippen MR) is 69.0 cm³/mol. The summed E-state index contributed by atoms with van der Waals surface area (Å²) in [5, 5.41) is 3.79. The van der Waals surface area contributed by atoms with Crippen LogP contribution in [0.1, 0.15) is 11.5 Å². The van der Waals surface area contributed by atoms with Crippen LogP contribution in [-0.2, 0) is 17.9 Å². The molecule has 1 N–H and O–H groups in total. The number of aromatic amines is 1. The maximum absolute atomic E-state index is 12.0. The first-order chi connectivity index (χ1) is 9.45. The molecule has 0 bridgehead atoms. The van der Waals surface area contributed by atoms with Gasteiger partial charge in [0.05, 0.1) is 6.54 Å². The van der Waals surface area contributed by atoms with E-state index in [2.05, 4.69) is 10.1 Å². The number of hydrogen-bond donors (Lipinski definition) is 1. The average Bonchev–Trinajstić information content (AvgIpc) is 2.78. The Hall–Kier alpha value is -2.64. The number of likely N-dealkylation sites (N-methyl/N-ethyl adjacent to an activating group) is 1. The van der Waals surface area contributed by atoms with Gasteiger partial charge in [-0.05, 0) is 6.92 Å². The summed E-state index contributed by atoms with van der Waals surface area (Å²) in [5.74, 6) is 0.387. The van der Waals surface area contributed by atoms with Crippen LogP contribution in [0.5, 0.6) is 0 Å². The molecule has 0 spiro atoms. The Balaban J connectivity index is 2.04. The normalized spacial score (nSPS) is 10.5. The van der Waals surface area contributed by atoms with Gasteiger partial charge >= 0.3 is 5.69 Å². The van der Waals surface area contributed by atoms with E-state index < -0.39 is 11.2 Å². The van der Waals surface area contributed by atoms with Crippen LogP contribution in [0.15, 0.2) is 32.4 Å². The molecule has 0 fully saturated rings. The second-order valence-corrected chi connectivity index (χ2v) is 4.42. The highest BCUT2D eigenvalue weighted by Crippen LogP contribution is 2.04. The van der Waals surface area contributed by atoms with Crippen LogP contribution in [0.25, 0.3) is 0 Å². The van der Waals surface area contributed by atoms with Crippen LogP contribution in [0, 0.1) is 6.92 Å². The Bertz CT molecular complexity index is 727. The molecule has 0 aliphatic heterocycles. The third-order valence-corrected chi connectivity index (χ3v) is 2.70. The van der Waals surface area contributed by atoms with Gasteiger partial charge in [0.25, 0.3) is 5.56 Å². The van der Waals surface area contributed by atoms with Gasteiger partial charge in [-0.2, -0.15) is 0 Å². The van der Waals surface area contributed by atoms with Crippen LogP contribution in [0.3, 0.4) is 0 Å². The van der Waals surface area contributed by atoms with Crippen LogP contribution in [-0.4, -0.2) is 32.6 Å². The van der Waals surface area contributed by atoms with Crippen molar-refractivity contribution in [2.24, 2.45) is 0 Å².